The summed E-state index contributed by atoms with van der Waals surface area (Å²) in [7, 11) is 2.15. The second-order valence-corrected chi connectivity index (χ2v) is 11.5. The SMILES string of the molecule is C=CC(=O)N1CCN(c2nc(OC[C@@H]3CCCN3C)nc3c2CC[C@@H](N2CCc4ccccc42)C3)C[C@@H]1CC#N. The molecule has 2 saturated heterocycles. The van der Waals surface area contributed by atoms with Crippen molar-refractivity contribution in [2.75, 3.05) is 56.2 Å². The molecule has 40 heavy (non-hydrogen) atoms. The van der Waals surface area contributed by atoms with E-state index in [-0.39, 0.29) is 18.4 Å². The third-order valence-electron chi connectivity index (χ3n) is 9.21. The van der Waals surface area contributed by atoms with Crippen LogP contribution in [0.25, 0.3) is 0 Å². The van der Waals surface area contributed by atoms with E-state index < -0.39 is 0 Å². The number of rotatable bonds is 7. The fourth-order valence-electron chi connectivity index (χ4n) is 6.99. The largest absolute Gasteiger partial charge is 0.462 e. The van der Waals surface area contributed by atoms with E-state index in [0.717, 1.165) is 56.7 Å². The van der Waals surface area contributed by atoms with Gasteiger partial charge in [0, 0.05) is 55.9 Å². The van der Waals surface area contributed by atoms with Crippen molar-refractivity contribution in [3.8, 4) is 12.1 Å². The topological polar surface area (TPSA) is 88.8 Å². The standard InChI is InChI=1S/C31H39N7O2/c1-3-29(39)38-18-17-36(20-24(38)12-14-32)30-26-11-10-23(37-16-13-22-7-4-5-9-28(22)37)19-27(26)33-31(34-30)40-21-25-8-6-15-35(25)2/h3-5,7,9,23-25H,1,6,8,10-13,15-21H2,2H3/t23-,24+,25+/m1/s1. The number of hydrogen-bond donors (Lipinski definition) is 0. The van der Waals surface area contributed by atoms with E-state index in [0.29, 0.717) is 44.3 Å². The molecule has 6 rings (SSSR count). The van der Waals surface area contributed by atoms with E-state index in [9.17, 15) is 10.1 Å². The summed E-state index contributed by atoms with van der Waals surface area (Å²) in [6.45, 7) is 8.12. The van der Waals surface area contributed by atoms with Crippen LogP contribution in [0.1, 0.15) is 42.5 Å². The number of hydrogen-bond acceptors (Lipinski definition) is 8. The molecule has 0 N–H and O–H groups in total. The van der Waals surface area contributed by atoms with Crippen molar-refractivity contribution < 1.29 is 9.53 Å². The van der Waals surface area contributed by atoms with Gasteiger partial charge in [0.05, 0.1) is 24.2 Å². The Morgan fingerprint density at radius 3 is 2.83 bits per heavy atom. The van der Waals surface area contributed by atoms with Crippen molar-refractivity contribution in [2.45, 2.75) is 63.1 Å². The first-order chi connectivity index (χ1) is 19.6. The molecule has 2 fully saturated rings. The fraction of sp³-hybridized carbons (Fsp3) is 0.548. The third-order valence-corrected chi connectivity index (χ3v) is 9.21. The second-order valence-electron chi connectivity index (χ2n) is 11.5. The van der Waals surface area contributed by atoms with Gasteiger partial charge in [-0.15, -0.1) is 0 Å². The van der Waals surface area contributed by atoms with Crippen molar-refractivity contribution >= 4 is 17.4 Å². The molecular formula is C31H39N7O2. The Morgan fingerprint density at radius 1 is 1.15 bits per heavy atom. The van der Waals surface area contributed by atoms with Crippen LogP contribution in [0.3, 0.4) is 0 Å². The molecule has 0 spiro atoms. The number of fused-ring (bicyclic) bond motifs is 2. The van der Waals surface area contributed by atoms with Crippen molar-refractivity contribution in [3.63, 3.8) is 0 Å². The van der Waals surface area contributed by atoms with Crippen LogP contribution in [0.15, 0.2) is 36.9 Å². The Balaban J connectivity index is 1.29. The minimum atomic E-state index is -0.205. The summed E-state index contributed by atoms with van der Waals surface area (Å²) in [6, 6.07) is 12.0. The summed E-state index contributed by atoms with van der Waals surface area (Å²) >= 11 is 0. The molecule has 210 valence electrons. The number of amides is 1. The van der Waals surface area contributed by atoms with Crippen LogP contribution in [0.5, 0.6) is 6.01 Å². The molecule has 0 radical (unpaired) electrons. The molecule has 4 aliphatic rings. The number of piperazine rings is 1. The van der Waals surface area contributed by atoms with Crippen molar-refractivity contribution in [1.29, 1.82) is 5.26 Å². The number of aromatic nitrogens is 2. The van der Waals surface area contributed by atoms with Crippen LogP contribution >= 0.6 is 0 Å². The number of nitrogens with zero attached hydrogens (tertiary/aromatic N) is 7. The zero-order valence-electron chi connectivity index (χ0n) is 23.5. The maximum absolute atomic E-state index is 12.5. The van der Waals surface area contributed by atoms with Gasteiger partial charge in [0.1, 0.15) is 12.4 Å². The number of nitriles is 1. The van der Waals surface area contributed by atoms with Crippen LogP contribution in [-0.4, -0.2) is 90.2 Å². The van der Waals surface area contributed by atoms with Gasteiger partial charge in [0.15, 0.2) is 0 Å². The maximum Gasteiger partial charge on any atom is 0.318 e. The summed E-state index contributed by atoms with van der Waals surface area (Å²) in [6.07, 6.45) is 7.82. The number of carbonyl (C=O) groups excluding carboxylic acids is 1. The lowest BCUT2D eigenvalue weighted by Crippen LogP contribution is -2.55. The molecule has 3 atom stereocenters. The van der Waals surface area contributed by atoms with Crippen molar-refractivity contribution in [1.82, 2.24) is 19.8 Å². The molecule has 2 aromatic rings. The van der Waals surface area contributed by atoms with Gasteiger partial charge in [0.25, 0.3) is 0 Å². The highest BCUT2D eigenvalue weighted by atomic mass is 16.5. The first kappa shape index (κ1) is 26.6. The van der Waals surface area contributed by atoms with Gasteiger partial charge >= 0.3 is 6.01 Å². The van der Waals surface area contributed by atoms with E-state index >= 15 is 0 Å². The maximum atomic E-state index is 12.5. The molecule has 9 heteroatoms. The van der Waals surface area contributed by atoms with E-state index in [1.807, 2.05) is 0 Å². The predicted octanol–water partition coefficient (Wildman–Crippen LogP) is 2.99. The highest BCUT2D eigenvalue weighted by molar-refractivity contribution is 5.87. The zero-order valence-corrected chi connectivity index (χ0v) is 23.5. The van der Waals surface area contributed by atoms with Crippen LogP contribution in [0.4, 0.5) is 11.5 Å². The minimum Gasteiger partial charge on any atom is -0.462 e. The van der Waals surface area contributed by atoms with Crippen molar-refractivity contribution in [3.05, 3.63) is 53.7 Å². The minimum absolute atomic E-state index is 0.122. The van der Waals surface area contributed by atoms with E-state index in [1.165, 1.54) is 29.3 Å². The van der Waals surface area contributed by atoms with Gasteiger partial charge in [-0.3, -0.25) is 4.79 Å². The Bertz CT molecular complexity index is 1310. The Labute approximate surface area is 237 Å². The number of para-hydroxylation sites is 1. The van der Waals surface area contributed by atoms with Crippen LogP contribution in [-0.2, 0) is 24.1 Å². The zero-order chi connectivity index (χ0) is 27.6. The Hall–Kier alpha value is -3.64. The average molecular weight is 542 g/mol. The van der Waals surface area contributed by atoms with E-state index in [2.05, 4.69) is 58.7 Å². The molecule has 0 bridgehead atoms. The van der Waals surface area contributed by atoms with Gasteiger partial charge in [-0.2, -0.15) is 15.2 Å². The first-order valence-electron chi connectivity index (χ1n) is 14.7. The molecule has 9 nitrogen and oxygen atoms in total. The van der Waals surface area contributed by atoms with Gasteiger partial charge in [-0.1, -0.05) is 24.8 Å². The summed E-state index contributed by atoms with van der Waals surface area (Å²) in [5.74, 6) is 0.789. The normalized spacial score (nSPS) is 24.4. The number of likely N-dealkylation sites (tertiary alicyclic amines) is 1. The lowest BCUT2D eigenvalue weighted by atomic mass is 9.90. The molecule has 1 aromatic carbocycles. The Kier molecular flexibility index (Phi) is 7.61. The molecule has 1 aliphatic carbocycles. The molecule has 3 aliphatic heterocycles. The molecular weight excluding hydrogens is 502 g/mol. The first-order valence-corrected chi connectivity index (χ1v) is 14.7. The van der Waals surface area contributed by atoms with E-state index in [4.69, 9.17) is 14.7 Å². The van der Waals surface area contributed by atoms with Crippen LogP contribution in [0, 0.1) is 11.3 Å². The van der Waals surface area contributed by atoms with Crippen molar-refractivity contribution in [2.24, 2.45) is 0 Å². The summed E-state index contributed by atoms with van der Waals surface area (Å²) in [5, 5.41) is 9.50. The number of benzene rings is 1. The lowest BCUT2D eigenvalue weighted by Gasteiger charge is -2.42. The lowest BCUT2D eigenvalue weighted by molar-refractivity contribution is -0.128. The number of likely N-dealkylation sites (N-methyl/N-ethyl adjacent to an activating group) is 1. The molecule has 0 saturated carbocycles. The number of carbonyl (C=O) groups is 1. The molecule has 0 unspecified atom stereocenters. The third kappa shape index (κ3) is 5.13. The highest BCUT2D eigenvalue weighted by Gasteiger charge is 2.35. The summed E-state index contributed by atoms with van der Waals surface area (Å²) in [5.41, 5.74) is 5.04. The van der Waals surface area contributed by atoms with Gasteiger partial charge in [-0.05, 0) is 63.4 Å². The smallest absolute Gasteiger partial charge is 0.318 e. The van der Waals surface area contributed by atoms with Crippen LogP contribution in [0.2, 0.25) is 0 Å². The number of ether oxygens (including phenoxy) is 1. The molecule has 1 aromatic heterocycles. The summed E-state index contributed by atoms with van der Waals surface area (Å²) < 4.78 is 6.29. The molecule has 1 amide bonds. The predicted molar refractivity (Wildman–Crippen MR) is 155 cm³/mol. The quantitative estimate of drug-likeness (QED) is 0.495. The van der Waals surface area contributed by atoms with E-state index in [1.54, 1.807) is 4.90 Å². The van der Waals surface area contributed by atoms with Gasteiger partial charge in [-0.25, -0.2) is 0 Å². The average Bonchev–Trinajstić information content (AvgIpc) is 3.61. The number of anilines is 2. The highest BCUT2D eigenvalue weighted by Crippen LogP contribution is 2.37. The van der Waals surface area contributed by atoms with Gasteiger partial charge < -0.3 is 24.3 Å². The monoisotopic (exact) mass is 541 g/mol. The fourth-order valence-corrected chi connectivity index (χ4v) is 6.99. The molecule has 4 heterocycles. The van der Waals surface area contributed by atoms with Gasteiger partial charge in [0.2, 0.25) is 5.91 Å². The second kappa shape index (κ2) is 11.5. The van der Waals surface area contributed by atoms with Crippen LogP contribution < -0.4 is 14.5 Å². The Morgan fingerprint density at radius 2 is 2.02 bits per heavy atom. The summed E-state index contributed by atoms with van der Waals surface area (Å²) in [4.78, 5) is 31.4.